The second kappa shape index (κ2) is 3.92. The van der Waals surface area contributed by atoms with Gasteiger partial charge in [-0.1, -0.05) is 12.1 Å². The van der Waals surface area contributed by atoms with Crippen LogP contribution in [0.2, 0.25) is 0 Å². The first kappa shape index (κ1) is 10.9. The molecule has 3 aromatic rings. The minimum absolute atomic E-state index is 0.379. The van der Waals surface area contributed by atoms with Gasteiger partial charge < -0.3 is 5.73 Å². The Kier molecular flexibility index (Phi) is 2.38. The average molecular weight is 258 g/mol. The van der Waals surface area contributed by atoms with Gasteiger partial charge in [-0.05, 0) is 18.2 Å². The number of fused-ring (bicyclic) bond motifs is 1. The summed E-state index contributed by atoms with van der Waals surface area (Å²) < 4.78 is 2.57. The van der Waals surface area contributed by atoms with Crippen LogP contribution in [-0.2, 0) is 7.05 Å². The van der Waals surface area contributed by atoms with Crippen molar-refractivity contribution < 1.29 is 4.79 Å². The van der Waals surface area contributed by atoms with E-state index in [1.165, 1.54) is 4.68 Å². The summed E-state index contributed by atoms with van der Waals surface area (Å²) in [5.74, 6) is -0.489. The number of thiazole rings is 1. The number of primary amides is 1. The van der Waals surface area contributed by atoms with Crippen LogP contribution in [0.4, 0.5) is 0 Å². The molecule has 0 saturated carbocycles. The molecule has 1 amide bonds. The van der Waals surface area contributed by atoms with Crippen LogP contribution in [0, 0.1) is 0 Å². The third-order valence-electron chi connectivity index (χ3n) is 2.65. The Bertz CT molecular complexity index is 710. The lowest BCUT2D eigenvalue weighted by Gasteiger charge is -1.92. The molecule has 0 fully saturated rings. The highest BCUT2D eigenvalue weighted by Crippen LogP contribution is 2.29. The first-order valence-corrected chi connectivity index (χ1v) is 6.16. The molecule has 0 saturated heterocycles. The van der Waals surface area contributed by atoms with Crippen LogP contribution < -0.4 is 5.73 Å². The SMILES string of the molecule is Cn1nc(-c2nc3ccccc3s2)cc1C(N)=O. The first-order chi connectivity index (χ1) is 8.65. The highest BCUT2D eigenvalue weighted by atomic mass is 32.1. The molecule has 5 nitrogen and oxygen atoms in total. The van der Waals surface area contributed by atoms with Crippen molar-refractivity contribution >= 4 is 27.5 Å². The smallest absolute Gasteiger partial charge is 0.266 e. The fourth-order valence-corrected chi connectivity index (χ4v) is 2.71. The summed E-state index contributed by atoms with van der Waals surface area (Å²) in [6.07, 6.45) is 0. The normalized spacial score (nSPS) is 10.9. The molecule has 0 atom stereocenters. The van der Waals surface area contributed by atoms with E-state index in [9.17, 15) is 4.79 Å². The largest absolute Gasteiger partial charge is 0.364 e. The molecule has 0 aliphatic carbocycles. The number of aromatic nitrogens is 3. The van der Waals surface area contributed by atoms with Gasteiger partial charge in [-0.3, -0.25) is 9.48 Å². The van der Waals surface area contributed by atoms with E-state index in [4.69, 9.17) is 5.73 Å². The second-order valence-corrected chi connectivity index (χ2v) is 4.92. The molecule has 2 aromatic heterocycles. The predicted octanol–water partition coefficient (Wildman–Crippen LogP) is 1.80. The highest BCUT2D eigenvalue weighted by molar-refractivity contribution is 7.21. The molecule has 3 rings (SSSR count). The Balaban J connectivity index is 2.14. The molecule has 1 aromatic carbocycles. The van der Waals surface area contributed by atoms with Gasteiger partial charge in [0.1, 0.15) is 16.4 Å². The van der Waals surface area contributed by atoms with Crippen molar-refractivity contribution in [3.63, 3.8) is 0 Å². The molecule has 6 heteroatoms. The predicted molar refractivity (Wildman–Crippen MR) is 70.3 cm³/mol. The molecule has 0 unspecified atom stereocenters. The molecule has 90 valence electrons. The highest BCUT2D eigenvalue weighted by Gasteiger charge is 2.14. The fraction of sp³-hybridized carbons (Fsp3) is 0.0833. The number of amides is 1. The van der Waals surface area contributed by atoms with Crippen LogP contribution in [0.3, 0.4) is 0 Å². The van der Waals surface area contributed by atoms with E-state index in [0.717, 1.165) is 15.2 Å². The second-order valence-electron chi connectivity index (χ2n) is 3.89. The van der Waals surface area contributed by atoms with Gasteiger partial charge in [0.25, 0.3) is 5.91 Å². The quantitative estimate of drug-likeness (QED) is 0.761. The lowest BCUT2D eigenvalue weighted by molar-refractivity contribution is 0.0991. The minimum Gasteiger partial charge on any atom is -0.364 e. The summed E-state index contributed by atoms with van der Waals surface area (Å²) in [6, 6.07) is 9.54. The molecule has 0 bridgehead atoms. The topological polar surface area (TPSA) is 73.8 Å². The summed E-state index contributed by atoms with van der Waals surface area (Å²) in [5.41, 5.74) is 7.25. The van der Waals surface area contributed by atoms with E-state index in [1.807, 2.05) is 24.3 Å². The van der Waals surface area contributed by atoms with E-state index < -0.39 is 5.91 Å². The van der Waals surface area contributed by atoms with Crippen molar-refractivity contribution in [1.82, 2.24) is 14.8 Å². The number of rotatable bonds is 2. The molecule has 2 N–H and O–H groups in total. The third-order valence-corrected chi connectivity index (χ3v) is 3.70. The van der Waals surface area contributed by atoms with Crippen molar-refractivity contribution in [3.05, 3.63) is 36.0 Å². The fourth-order valence-electron chi connectivity index (χ4n) is 1.78. The van der Waals surface area contributed by atoms with Crippen molar-refractivity contribution in [2.24, 2.45) is 12.8 Å². The van der Waals surface area contributed by atoms with Gasteiger partial charge in [0.2, 0.25) is 0 Å². The Hall–Kier alpha value is -2.21. The van der Waals surface area contributed by atoms with E-state index in [1.54, 1.807) is 24.5 Å². The molecule has 0 radical (unpaired) electrons. The van der Waals surface area contributed by atoms with Crippen LogP contribution >= 0.6 is 11.3 Å². The first-order valence-electron chi connectivity index (χ1n) is 5.35. The zero-order valence-electron chi connectivity index (χ0n) is 9.62. The van der Waals surface area contributed by atoms with E-state index in [-0.39, 0.29) is 0 Å². The minimum atomic E-state index is -0.489. The molecular weight excluding hydrogens is 248 g/mol. The molecular formula is C12H10N4OS. The zero-order valence-corrected chi connectivity index (χ0v) is 10.4. The summed E-state index contributed by atoms with van der Waals surface area (Å²) >= 11 is 1.55. The van der Waals surface area contributed by atoms with E-state index >= 15 is 0 Å². The summed E-state index contributed by atoms with van der Waals surface area (Å²) in [4.78, 5) is 15.7. The lowest BCUT2D eigenvalue weighted by Crippen LogP contribution is -2.15. The van der Waals surface area contributed by atoms with Gasteiger partial charge in [-0.25, -0.2) is 4.98 Å². The Labute approximate surface area is 107 Å². The van der Waals surface area contributed by atoms with Crippen molar-refractivity contribution in [3.8, 4) is 10.7 Å². The molecule has 0 spiro atoms. The van der Waals surface area contributed by atoms with Gasteiger partial charge in [0.05, 0.1) is 10.2 Å². The van der Waals surface area contributed by atoms with Crippen LogP contribution in [-0.4, -0.2) is 20.7 Å². The number of para-hydroxylation sites is 1. The number of aryl methyl sites for hydroxylation is 1. The molecule has 18 heavy (non-hydrogen) atoms. The van der Waals surface area contributed by atoms with Crippen LogP contribution in [0.25, 0.3) is 20.9 Å². The number of nitrogens with two attached hydrogens (primary N) is 1. The monoisotopic (exact) mass is 258 g/mol. The van der Waals surface area contributed by atoms with E-state index in [2.05, 4.69) is 10.1 Å². The van der Waals surface area contributed by atoms with Crippen molar-refractivity contribution in [2.45, 2.75) is 0 Å². The number of nitrogens with zero attached hydrogens (tertiary/aromatic N) is 3. The molecule has 0 aliphatic heterocycles. The van der Waals surface area contributed by atoms with E-state index in [0.29, 0.717) is 11.4 Å². The number of hydrogen-bond donors (Lipinski definition) is 1. The molecule has 2 heterocycles. The molecule has 0 aliphatic rings. The summed E-state index contributed by atoms with van der Waals surface area (Å²) in [7, 11) is 1.69. The number of carbonyl (C=O) groups excluding carboxylic acids is 1. The van der Waals surface area contributed by atoms with Crippen LogP contribution in [0.5, 0.6) is 0 Å². The summed E-state index contributed by atoms with van der Waals surface area (Å²) in [5, 5.41) is 5.05. The lowest BCUT2D eigenvalue weighted by atomic mass is 10.3. The maximum atomic E-state index is 11.2. The Morgan fingerprint density at radius 1 is 1.39 bits per heavy atom. The van der Waals surface area contributed by atoms with Gasteiger partial charge in [0.15, 0.2) is 0 Å². The number of hydrogen-bond acceptors (Lipinski definition) is 4. The number of benzene rings is 1. The zero-order chi connectivity index (χ0) is 12.7. The van der Waals surface area contributed by atoms with Gasteiger partial charge in [-0.2, -0.15) is 5.10 Å². The van der Waals surface area contributed by atoms with Crippen molar-refractivity contribution in [1.29, 1.82) is 0 Å². The van der Waals surface area contributed by atoms with Crippen molar-refractivity contribution in [2.75, 3.05) is 0 Å². The summed E-state index contributed by atoms with van der Waals surface area (Å²) in [6.45, 7) is 0. The average Bonchev–Trinajstić information content (AvgIpc) is 2.91. The number of carbonyl (C=O) groups is 1. The van der Waals surface area contributed by atoms with Crippen LogP contribution in [0.15, 0.2) is 30.3 Å². The van der Waals surface area contributed by atoms with Gasteiger partial charge >= 0.3 is 0 Å². The standard InChI is InChI=1S/C12H10N4OS/c1-16-9(11(13)17)6-8(15-16)12-14-7-4-2-3-5-10(7)18-12/h2-6H,1H3,(H2,13,17). The Morgan fingerprint density at radius 3 is 2.83 bits per heavy atom. The maximum Gasteiger partial charge on any atom is 0.266 e. The van der Waals surface area contributed by atoms with Gasteiger partial charge in [-0.15, -0.1) is 11.3 Å². The van der Waals surface area contributed by atoms with Gasteiger partial charge in [0, 0.05) is 7.05 Å². The van der Waals surface area contributed by atoms with Crippen LogP contribution in [0.1, 0.15) is 10.5 Å². The maximum absolute atomic E-state index is 11.2. The Morgan fingerprint density at radius 2 is 2.17 bits per heavy atom. The third kappa shape index (κ3) is 1.67.